The number of non-ortho nitro benzene ring substituents is 1. The topological polar surface area (TPSA) is 69.4 Å². The quantitative estimate of drug-likeness (QED) is 0.464. The Morgan fingerprint density at radius 2 is 2.05 bits per heavy atom. The van der Waals surface area contributed by atoms with Crippen LogP contribution in [0.5, 0.6) is 5.75 Å². The van der Waals surface area contributed by atoms with Gasteiger partial charge in [-0.2, -0.15) is 0 Å². The Balaban J connectivity index is 2.16. The molecule has 0 aliphatic carbocycles. The van der Waals surface area contributed by atoms with E-state index in [-0.39, 0.29) is 12.3 Å². The van der Waals surface area contributed by atoms with Crippen LogP contribution in [0.4, 0.5) is 10.1 Å². The predicted octanol–water partition coefficient (Wildman–Crippen LogP) is 3.89. The van der Waals surface area contributed by atoms with E-state index in [1.165, 1.54) is 12.1 Å². The Morgan fingerprint density at radius 3 is 2.67 bits per heavy atom. The molecule has 2 aromatic carbocycles. The molecule has 21 heavy (non-hydrogen) atoms. The van der Waals surface area contributed by atoms with Gasteiger partial charge in [-0.05, 0) is 45.8 Å². The molecule has 0 amide bonds. The van der Waals surface area contributed by atoms with Crippen LogP contribution in [0.2, 0.25) is 0 Å². The van der Waals surface area contributed by atoms with E-state index in [1.54, 1.807) is 18.2 Å². The molecule has 7 heteroatoms. The van der Waals surface area contributed by atoms with E-state index in [0.717, 1.165) is 6.07 Å². The zero-order chi connectivity index (χ0) is 15.4. The van der Waals surface area contributed by atoms with Crippen molar-refractivity contribution < 1.29 is 18.8 Å². The van der Waals surface area contributed by atoms with Gasteiger partial charge in [-0.25, -0.2) is 4.39 Å². The van der Waals surface area contributed by atoms with Gasteiger partial charge in [0.1, 0.15) is 24.5 Å². The largest absolute Gasteiger partial charge is 0.488 e. The lowest BCUT2D eigenvalue weighted by Crippen LogP contribution is -1.99. The summed E-state index contributed by atoms with van der Waals surface area (Å²) in [5, 5.41) is 10.7. The van der Waals surface area contributed by atoms with Crippen molar-refractivity contribution in [2.75, 3.05) is 0 Å². The van der Waals surface area contributed by atoms with Gasteiger partial charge in [0.05, 0.1) is 15.5 Å². The molecule has 0 radical (unpaired) electrons. The number of hydrogen-bond acceptors (Lipinski definition) is 4. The Kier molecular flexibility index (Phi) is 4.64. The third-order valence-electron chi connectivity index (χ3n) is 2.64. The van der Waals surface area contributed by atoms with Crippen molar-refractivity contribution in [1.29, 1.82) is 0 Å². The van der Waals surface area contributed by atoms with Crippen molar-refractivity contribution in [1.82, 2.24) is 0 Å². The standard InChI is InChI=1S/C14H9BrFNO4/c15-13-5-9(7-18)1-2-14(13)21-8-10-3-11(16)6-12(4-10)17(19)20/h1-7H,8H2. The highest BCUT2D eigenvalue weighted by Gasteiger charge is 2.11. The zero-order valence-corrected chi connectivity index (χ0v) is 12.2. The molecule has 0 fully saturated rings. The first-order valence-electron chi connectivity index (χ1n) is 5.81. The summed E-state index contributed by atoms with van der Waals surface area (Å²) in [4.78, 5) is 20.6. The maximum Gasteiger partial charge on any atom is 0.272 e. The first-order valence-corrected chi connectivity index (χ1v) is 6.60. The number of carbonyl (C=O) groups is 1. The Hall–Kier alpha value is -2.28. The summed E-state index contributed by atoms with van der Waals surface area (Å²) in [6.45, 7) is -0.0301. The molecule has 2 rings (SSSR count). The molecular formula is C14H9BrFNO4. The lowest BCUT2D eigenvalue weighted by Gasteiger charge is -2.08. The lowest BCUT2D eigenvalue weighted by molar-refractivity contribution is -0.385. The smallest absolute Gasteiger partial charge is 0.272 e. The molecule has 0 atom stereocenters. The van der Waals surface area contributed by atoms with Crippen LogP contribution in [0.15, 0.2) is 40.9 Å². The maximum atomic E-state index is 13.3. The van der Waals surface area contributed by atoms with E-state index < -0.39 is 10.7 Å². The first-order chi connectivity index (χ1) is 9.99. The Labute approximate surface area is 127 Å². The number of nitro groups is 1. The molecule has 0 aliphatic rings. The van der Waals surface area contributed by atoms with Crippen molar-refractivity contribution in [3.05, 3.63) is 67.9 Å². The second kappa shape index (κ2) is 6.45. The third-order valence-corrected chi connectivity index (χ3v) is 3.26. The number of ether oxygens (including phenoxy) is 1. The summed E-state index contributed by atoms with van der Waals surface area (Å²) < 4.78 is 19.3. The molecule has 0 N–H and O–H groups in total. The minimum Gasteiger partial charge on any atom is -0.488 e. The minimum absolute atomic E-state index is 0.0301. The first kappa shape index (κ1) is 15.1. The average Bonchev–Trinajstić information content (AvgIpc) is 2.45. The maximum absolute atomic E-state index is 13.3. The van der Waals surface area contributed by atoms with Gasteiger partial charge in [0.15, 0.2) is 0 Å². The van der Waals surface area contributed by atoms with Gasteiger partial charge in [-0.3, -0.25) is 14.9 Å². The van der Waals surface area contributed by atoms with Crippen LogP contribution in [0, 0.1) is 15.9 Å². The SMILES string of the molecule is O=Cc1ccc(OCc2cc(F)cc([N+](=O)[O-])c2)c(Br)c1. The molecule has 2 aromatic rings. The molecule has 0 saturated carbocycles. The van der Waals surface area contributed by atoms with E-state index in [9.17, 15) is 19.3 Å². The summed E-state index contributed by atoms with van der Waals surface area (Å²) in [5.41, 5.74) is 0.493. The molecular weight excluding hydrogens is 345 g/mol. The number of benzene rings is 2. The molecule has 108 valence electrons. The number of aldehydes is 1. The van der Waals surface area contributed by atoms with E-state index in [4.69, 9.17) is 4.74 Å². The Bertz CT molecular complexity index is 705. The molecule has 0 aliphatic heterocycles. The van der Waals surface area contributed by atoms with Gasteiger partial charge in [-0.1, -0.05) is 0 Å². The molecule has 0 aromatic heterocycles. The summed E-state index contributed by atoms with van der Waals surface area (Å²) >= 11 is 3.25. The fourth-order valence-corrected chi connectivity index (χ4v) is 2.20. The van der Waals surface area contributed by atoms with Crippen molar-refractivity contribution in [2.24, 2.45) is 0 Å². The minimum atomic E-state index is -0.696. The second-order valence-corrected chi connectivity index (χ2v) is 5.03. The van der Waals surface area contributed by atoms with Crippen LogP contribution in [0.3, 0.4) is 0 Å². The van der Waals surface area contributed by atoms with Gasteiger partial charge >= 0.3 is 0 Å². The summed E-state index contributed by atoms with van der Waals surface area (Å²) in [6, 6.07) is 7.99. The van der Waals surface area contributed by atoms with Crippen molar-refractivity contribution >= 4 is 27.9 Å². The highest BCUT2D eigenvalue weighted by atomic mass is 79.9. The zero-order valence-electron chi connectivity index (χ0n) is 10.6. The highest BCUT2D eigenvalue weighted by molar-refractivity contribution is 9.10. The van der Waals surface area contributed by atoms with Crippen LogP contribution in [-0.4, -0.2) is 11.2 Å². The van der Waals surface area contributed by atoms with Gasteiger partial charge in [0.25, 0.3) is 5.69 Å². The fourth-order valence-electron chi connectivity index (χ4n) is 1.69. The van der Waals surface area contributed by atoms with Crippen LogP contribution in [0.25, 0.3) is 0 Å². The van der Waals surface area contributed by atoms with E-state index in [2.05, 4.69) is 15.9 Å². The van der Waals surface area contributed by atoms with Gasteiger partial charge in [0, 0.05) is 11.6 Å². The molecule has 0 spiro atoms. The molecule has 0 heterocycles. The number of hydrogen-bond donors (Lipinski definition) is 0. The predicted molar refractivity (Wildman–Crippen MR) is 76.9 cm³/mol. The normalized spacial score (nSPS) is 10.2. The summed E-state index contributed by atoms with van der Waals surface area (Å²) in [6.07, 6.45) is 0.699. The van der Waals surface area contributed by atoms with Crippen molar-refractivity contribution in [3.63, 3.8) is 0 Å². The third kappa shape index (κ3) is 3.85. The molecule has 0 bridgehead atoms. The Morgan fingerprint density at radius 1 is 1.29 bits per heavy atom. The van der Waals surface area contributed by atoms with Gasteiger partial charge in [0.2, 0.25) is 0 Å². The van der Waals surface area contributed by atoms with Crippen LogP contribution >= 0.6 is 15.9 Å². The van der Waals surface area contributed by atoms with Crippen LogP contribution < -0.4 is 4.74 Å². The van der Waals surface area contributed by atoms with E-state index in [0.29, 0.717) is 27.6 Å². The van der Waals surface area contributed by atoms with E-state index >= 15 is 0 Å². The molecule has 0 unspecified atom stereocenters. The van der Waals surface area contributed by atoms with Gasteiger partial charge in [-0.15, -0.1) is 0 Å². The molecule has 5 nitrogen and oxygen atoms in total. The number of halogens is 2. The molecule has 0 saturated heterocycles. The second-order valence-electron chi connectivity index (χ2n) is 4.17. The summed E-state index contributed by atoms with van der Waals surface area (Å²) in [7, 11) is 0. The number of nitro benzene ring substituents is 1. The van der Waals surface area contributed by atoms with Crippen molar-refractivity contribution in [3.8, 4) is 5.75 Å². The lowest BCUT2D eigenvalue weighted by atomic mass is 10.2. The van der Waals surface area contributed by atoms with Crippen LogP contribution in [-0.2, 0) is 6.61 Å². The average molecular weight is 354 g/mol. The number of carbonyl (C=O) groups excluding carboxylic acids is 1. The van der Waals surface area contributed by atoms with E-state index in [1.807, 2.05) is 0 Å². The fraction of sp³-hybridized carbons (Fsp3) is 0.0714. The van der Waals surface area contributed by atoms with Crippen molar-refractivity contribution in [2.45, 2.75) is 6.61 Å². The van der Waals surface area contributed by atoms with Gasteiger partial charge < -0.3 is 4.74 Å². The highest BCUT2D eigenvalue weighted by Crippen LogP contribution is 2.27. The number of rotatable bonds is 5. The monoisotopic (exact) mass is 353 g/mol. The number of nitrogens with zero attached hydrogens (tertiary/aromatic N) is 1. The summed E-state index contributed by atoms with van der Waals surface area (Å²) in [5.74, 6) is -0.245. The van der Waals surface area contributed by atoms with Crippen LogP contribution in [0.1, 0.15) is 15.9 Å².